The minimum Gasteiger partial charge on any atom is -0.419 e. The van der Waals surface area contributed by atoms with Crippen LogP contribution in [0.15, 0.2) is 0 Å². The Morgan fingerprint density at radius 3 is 2.60 bits per heavy atom. The van der Waals surface area contributed by atoms with Crippen LogP contribution in [0.4, 0.5) is 0 Å². The van der Waals surface area contributed by atoms with Crippen LogP contribution in [0.25, 0.3) is 0 Å². The Balaban J connectivity index is 3.42. The highest BCUT2D eigenvalue weighted by molar-refractivity contribution is 6.68. The molecule has 0 radical (unpaired) electrons. The van der Waals surface area contributed by atoms with Crippen molar-refractivity contribution in [3.63, 3.8) is 0 Å². The van der Waals surface area contributed by atoms with Gasteiger partial charge in [0, 0.05) is 13.1 Å². The summed E-state index contributed by atoms with van der Waals surface area (Å²) in [6, 6.07) is 0.910. The van der Waals surface area contributed by atoms with E-state index in [4.69, 9.17) is 5.73 Å². The minimum atomic E-state index is -2.05. The van der Waals surface area contributed by atoms with Gasteiger partial charge in [-0.2, -0.15) is 0 Å². The van der Waals surface area contributed by atoms with E-state index in [9.17, 15) is 4.80 Å². The normalized spacial score (nSPS) is 16.8. The van der Waals surface area contributed by atoms with Crippen molar-refractivity contribution in [2.24, 2.45) is 5.73 Å². The Morgan fingerprint density at radius 1 is 1.60 bits per heavy atom. The first kappa shape index (κ1) is 10.1. The third-order valence-electron chi connectivity index (χ3n) is 1.39. The summed E-state index contributed by atoms with van der Waals surface area (Å²) < 4.78 is 0. The van der Waals surface area contributed by atoms with E-state index in [0.717, 1.165) is 19.0 Å². The molecule has 0 amide bonds. The van der Waals surface area contributed by atoms with Crippen molar-refractivity contribution in [2.45, 2.75) is 25.9 Å². The first-order chi connectivity index (χ1) is 4.62. The van der Waals surface area contributed by atoms with Gasteiger partial charge < -0.3 is 15.5 Å². The Morgan fingerprint density at radius 2 is 2.20 bits per heavy atom. The number of nitrogens with two attached hydrogens (primary N) is 1. The topological polar surface area (TPSA) is 58.3 Å². The fourth-order valence-corrected chi connectivity index (χ4v) is 2.75. The van der Waals surface area contributed by atoms with E-state index >= 15 is 0 Å². The zero-order chi connectivity index (χ0) is 8.04. The largest absolute Gasteiger partial charge is 0.419 e. The van der Waals surface area contributed by atoms with Gasteiger partial charge in [0.1, 0.15) is 0 Å². The van der Waals surface area contributed by atoms with Crippen LogP contribution in [0, 0.1) is 0 Å². The molecular weight excluding hydrogens is 144 g/mol. The fraction of sp³-hybridized carbons (Fsp3) is 1.00. The SMILES string of the molecule is CCC[Si](C)(O)NCCN. The maximum absolute atomic E-state index is 9.62. The second-order valence-electron chi connectivity index (χ2n) is 2.74. The third kappa shape index (κ3) is 4.93. The lowest BCUT2D eigenvalue weighted by molar-refractivity contribution is 0.510. The predicted molar refractivity (Wildman–Crippen MR) is 46.0 cm³/mol. The van der Waals surface area contributed by atoms with E-state index in [1.54, 1.807) is 0 Å². The Bertz CT molecular complexity index is 87.8. The van der Waals surface area contributed by atoms with Gasteiger partial charge in [0.2, 0.25) is 0 Å². The maximum atomic E-state index is 9.62. The molecule has 1 unspecified atom stereocenters. The van der Waals surface area contributed by atoms with Gasteiger partial charge in [-0.15, -0.1) is 0 Å². The summed E-state index contributed by atoms with van der Waals surface area (Å²) in [6.45, 7) is 5.32. The van der Waals surface area contributed by atoms with Crippen LogP contribution < -0.4 is 10.7 Å². The zero-order valence-electron chi connectivity index (χ0n) is 6.85. The summed E-state index contributed by atoms with van der Waals surface area (Å²) in [4.78, 5) is 12.7. The zero-order valence-corrected chi connectivity index (χ0v) is 7.85. The molecule has 0 saturated carbocycles. The second kappa shape index (κ2) is 4.84. The molecule has 0 aromatic carbocycles. The van der Waals surface area contributed by atoms with Crippen molar-refractivity contribution in [1.82, 2.24) is 4.98 Å². The van der Waals surface area contributed by atoms with Gasteiger partial charge in [0.15, 0.2) is 0 Å². The van der Waals surface area contributed by atoms with Crippen LogP contribution in [0.3, 0.4) is 0 Å². The van der Waals surface area contributed by atoms with Gasteiger partial charge >= 0.3 is 0 Å². The first-order valence-electron chi connectivity index (χ1n) is 3.80. The van der Waals surface area contributed by atoms with E-state index in [2.05, 4.69) is 11.9 Å². The van der Waals surface area contributed by atoms with Gasteiger partial charge in [0.05, 0.1) is 0 Å². The molecule has 4 N–H and O–H groups in total. The molecule has 0 spiro atoms. The van der Waals surface area contributed by atoms with Crippen LogP contribution >= 0.6 is 0 Å². The molecular formula is C6H18N2OSi. The third-order valence-corrected chi connectivity index (χ3v) is 3.87. The smallest absolute Gasteiger partial charge is 0.262 e. The van der Waals surface area contributed by atoms with Crippen LogP contribution in [-0.2, 0) is 0 Å². The Hall–Kier alpha value is 0.0969. The summed E-state index contributed by atoms with van der Waals surface area (Å²) in [7, 11) is -2.05. The molecule has 1 atom stereocenters. The minimum absolute atomic E-state index is 0.604. The molecule has 62 valence electrons. The molecule has 0 aromatic heterocycles. The van der Waals surface area contributed by atoms with Crippen LogP contribution in [0.5, 0.6) is 0 Å². The van der Waals surface area contributed by atoms with E-state index in [-0.39, 0.29) is 0 Å². The highest BCUT2D eigenvalue weighted by Crippen LogP contribution is 2.02. The molecule has 0 rings (SSSR count). The number of rotatable bonds is 5. The predicted octanol–water partition coefficient (Wildman–Crippen LogP) is 0.00900. The molecule has 0 fully saturated rings. The molecule has 4 heteroatoms. The molecule has 0 aliphatic carbocycles. The average molecular weight is 162 g/mol. The second-order valence-corrected chi connectivity index (χ2v) is 6.14. The number of hydrogen-bond donors (Lipinski definition) is 3. The molecule has 3 nitrogen and oxygen atoms in total. The highest BCUT2D eigenvalue weighted by Gasteiger charge is 2.21. The van der Waals surface area contributed by atoms with Gasteiger partial charge in [-0.1, -0.05) is 13.3 Å². The molecule has 0 aliphatic heterocycles. The van der Waals surface area contributed by atoms with Crippen molar-refractivity contribution in [1.29, 1.82) is 0 Å². The molecule has 0 aliphatic rings. The number of hydrogen-bond acceptors (Lipinski definition) is 3. The van der Waals surface area contributed by atoms with Crippen molar-refractivity contribution in [3.05, 3.63) is 0 Å². The van der Waals surface area contributed by atoms with E-state index < -0.39 is 8.48 Å². The molecule has 10 heavy (non-hydrogen) atoms. The fourth-order valence-electron chi connectivity index (χ4n) is 0.917. The lowest BCUT2D eigenvalue weighted by Gasteiger charge is -2.19. The summed E-state index contributed by atoms with van der Waals surface area (Å²) in [5.41, 5.74) is 5.28. The summed E-state index contributed by atoms with van der Waals surface area (Å²) in [5, 5.41) is 0. The van der Waals surface area contributed by atoms with Crippen LogP contribution in [0.2, 0.25) is 12.6 Å². The number of nitrogens with one attached hydrogen (secondary N) is 1. The van der Waals surface area contributed by atoms with Crippen LogP contribution in [-0.4, -0.2) is 26.4 Å². The van der Waals surface area contributed by atoms with E-state index in [1.165, 1.54) is 0 Å². The van der Waals surface area contributed by atoms with E-state index in [1.807, 2.05) is 6.55 Å². The van der Waals surface area contributed by atoms with Crippen molar-refractivity contribution in [3.8, 4) is 0 Å². The van der Waals surface area contributed by atoms with Gasteiger partial charge in [-0.25, -0.2) is 0 Å². The molecule has 0 aromatic rings. The molecule has 0 bridgehead atoms. The summed E-state index contributed by atoms with van der Waals surface area (Å²) in [5.74, 6) is 0. The van der Waals surface area contributed by atoms with Crippen molar-refractivity contribution in [2.75, 3.05) is 13.1 Å². The van der Waals surface area contributed by atoms with Crippen LogP contribution in [0.1, 0.15) is 13.3 Å². The quantitative estimate of drug-likeness (QED) is 0.499. The van der Waals surface area contributed by atoms with E-state index in [0.29, 0.717) is 6.54 Å². The van der Waals surface area contributed by atoms with Crippen molar-refractivity contribution < 1.29 is 4.80 Å². The summed E-state index contributed by atoms with van der Waals surface area (Å²) >= 11 is 0. The first-order valence-corrected chi connectivity index (χ1v) is 6.45. The summed E-state index contributed by atoms with van der Waals surface area (Å²) in [6.07, 6.45) is 1.04. The Kier molecular flexibility index (Phi) is 4.89. The van der Waals surface area contributed by atoms with Gasteiger partial charge in [0.25, 0.3) is 8.48 Å². The monoisotopic (exact) mass is 162 g/mol. The van der Waals surface area contributed by atoms with Gasteiger partial charge in [-0.3, -0.25) is 0 Å². The standard InChI is InChI=1S/C6H18N2OSi/c1-3-6-10(2,9)8-5-4-7/h8-9H,3-7H2,1-2H3. The molecule has 0 saturated heterocycles. The Labute approximate surface area is 63.8 Å². The average Bonchev–Trinajstić information content (AvgIpc) is 1.84. The lowest BCUT2D eigenvalue weighted by atomic mass is 10.6. The maximum Gasteiger partial charge on any atom is 0.262 e. The highest BCUT2D eigenvalue weighted by atomic mass is 28.4. The molecule has 0 heterocycles. The van der Waals surface area contributed by atoms with Gasteiger partial charge in [-0.05, 0) is 12.6 Å². The van der Waals surface area contributed by atoms with Crippen molar-refractivity contribution >= 4 is 8.48 Å². The lowest BCUT2D eigenvalue weighted by Crippen LogP contribution is -2.49.